The number of aliphatic hydroxyl groups is 5. The lowest BCUT2D eigenvalue weighted by molar-refractivity contribution is -0.298. The highest BCUT2D eigenvalue weighted by Crippen LogP contribution is 2.26. The maximum Gasteiger partial charge on any atom is 0.397 e. The third kappa shape index (κ3) is 25.3. The minimum absolute atomic E-state index is 0.214. The van der Waals surface area contributed by atoms with Gasteiger partial charge in [0.15, 0.2) is 6.29 Å². The molecule has 8 atom stereocenters. The molecule has 7 N–H and O–H groups in total. The summed E-state index contributed by atoms with van der Waals surface area (Å²) in [5.41, 5.74) is 0. The molecule has 322 valence electrons. The lowest BCUT2D eigenvalue weighted by Gasteiger charge is -2.41. The van der Waals surface area contributed by atoms with Gasteiger partial charge < -0.3 is 40.3 Å². The number of allylic oxidation sites excluding steroid dienone is 5. The van der Waals surface area contributed by atoms with Crippen LogP contribution in [0.25, 0.3) is 0 Å². The standard InChI is InChI=1S/C41H75NO12S/c1-3-5-7-9-11-13-14-15-16-17-18-19-20-22-23-25-27-29-34(44)33(42-40(48)35(45)30-28-26-24-21-12-10-8-6-4-2)32-52-41-38(47)39(54-55(49,50)51)37(46)36(31-43)53-41/h10,12,20,22,27,29,33-39,41,43-47H,3-9,11,13-19,21,23-26,28,30-32H2,1-2H3,(H,42,48)(H,49,50,51)/b12-10-,22-20+,29-27+. The van der Waals surface area contributed by atoms with E-state index in [0.29, 0.717) is 12.8 Å². The van der Waals surface area contributed by atoms with Crippen molar-refractivity contribution in [2.75, 3.05) is 13.2 Å². The van der Waals surface area contributed by atoms with E-state index in [-0.39, 0.29) is 6.42 Å². The van der Waals surface area contributed by atoms with Gasteiger partial charge in [-0.1, -0.05) is 140 Å². The van der Waals surface area contributed by atoms with Gasteiger partial charge in [-0.15, -0.1) is 0 Å². The van der Waals surface area contributed by atoms with Crippen LogP contribution in [-0.2, 0) is 28.9 Å². The fourth-order valence-corrected chi connectivity index (χ4v) is 6.85. The van der Waals surface area contributed by atoms with Crippen molar-refractivity contribution in [3.05, 3.63) is 36.5 Å². The summed E-state index contributed by atoms with van der Waals surface area (Å²) in [5, 5.41) is 54.9. The molecule has 1 heterocycles. The van der Waals surface area contributed by atoms with Gasteiger partial charge in [-0.25, -0.2) is 4.18 Å². The summed E-state index contributed by atoms with van der Waals surface area (Å²) in [5.74, 6) is -0.729. The third-order valence-corrected chi connectivity index (χ3v) is 10.2. The van der Waals surface area contributed by atoms with Crippen molar-refractivity contribution in [1.29, 1.82) is 0 Å². The van der Waals surface area contributed by atoms with E-state index < -0.39 is 78.5 Å². The zero-order chi connectivity index (χ0) is 40.7. The number of hydrogen-bond donors (Lipinski definition) is 7. The summed E-state index contributed by atoms with van der Waals surface area (Å²) in [6.45, 7) is 3.10. The zero-order valence-corrected chi connectivity index (χ0v) is 34.4. The molecule has 0 saturated carbocycles. The topological polar surface area (TPSA) is 212 Å². The molecule has 0 aromatic heterocycles. The van der Waals surface area contributed by atoms with Crippen molar-refractivity contribution in [3.63, 3.8) is 0 Å². The molecule has 13 nitrogen and oxygen atoms in total. The Morgan fingerprint density at radius 1 is 0.727 bits per heavy atom. The van der Waals surface area contributed by atoms with Crippen LogP contribution in [0.5, 0.6) is 0 Å². The molecule has 1 aliphatic rings. The van der Waals surface area contributed by atoms with Crippen LogP contribution >= 0.6 is 0 Å². The first-order valence-electron chi connectivity index (χ1n) is 21.0. The molecule has 1 amide bonds. The van der Waals surface area contributed by atoms with Gasteiger partial charge in [0.25, 0.3) is 0 Å². The smallest absolute Gasteiger partial charge is 0.394 e. The molecular weight excluding hydrogens is 731 g/mol. The van der Waals surface area contributed by atoms with Gasteiger partial charge in [0.1, 0.15) is 30.5 Å². The SMILES string of the molecule is CCCC/C=C\CCCCCC(O)C(=O)NC(COC1OC(CO)C(O)C(OS(=O)(=O)O)C1O)C(O)/C=C/CC/C=C/CCCCCCCCCCCCC. The van der Waals surface area contributed by atoms with Crippen LogP contribution in [0, 0.1) is 0 Å². The maximum absolute atomic E-state index is 13.0. The van der Waals surface area contributed by atoms with Crippen LogP contribution in [-0.4, -0.2) is 107 Å². The second-order valence-electron chi connectivity index (χ2n) is 14.7. The molecule has 1 saturated heterocycles. The Kier molecular flexibility index (Phi) is 30.1. The van der Waals surface area contributed by atoms with E-state index in [4.69, 9.17) is 14.0 Å². The minimum atomic E-state index is -5.12. The Bertz CT molecular complexity index is 1150. The van der Waals surface area contributed by atoms with Crippen LogP contribution < -0.4 is 5.32 Å². The number of aliphatic hydroxyl groups excluding tert-OH is 5. The number of carbonyl (C=O) groups is 1. The molecule has 1 fully saturated rings. The van der Waals surface area contributed by atoms with Gasteiger partial charge in [0.2, 0.25) is 5.91 Å². The van der Waals surface area contributed by atoms with Gasteiger partial charge >= 0.3 is 10.4 Å². The van der Waals surface area contributed by atoms with Crippen LogP contribution in [0.15, 0.2) is 36.5 Å². The molecule has 1 aliphatic heterocycles. The summed E-state index contributed by atoms with van der Waals surface area (Å²) in [6, 6.07) is -1.14. The molecule has 0 aromatic carbocycles. The number of unbranched alkanes of at least 4 members (excludes halogenated alkanes) is 17. The minimum Gasteiger partial charge on any atom is -0.394 e. The molecule has 55 heavy (non-hydrogen) atoms. The second kappa shape index (κ2) is 32.3. The van der Waals surface area contributed by atoms with Crippen molar-refractivity contribution in [3.8, 4) is 0 Å². The Morgan fingerprint density at radius 2 is 1.24 bits per heavy atom. The van der Waals surface area contributed by atoms with E-state index in [9.17, 15) is 38.7 Å². The van der Waals surface area contributed by atoms with E-state index >= 15 is 0 Å². The Morgan fingerprint density at radius 3 is 1.80 bits per heavy atom. The number of ether oxygens (including phenoxy) is 2. The van der Waals surface area contributed by atoms with Gasteiger partial charge in [-0.2, -0.15) is 8.42 Å². The van der Waals surface area contributed by atoms with Gasteiger partial charge in [-0.05, 0) is 51.4 Å². The Labute approximate surface area is 331 Å². The molecule has 8 unspecified atom stereocenters. The first-order valence-corrected chi connectivity index (χ1v) is 22.3. The van der Waals surface area contributed by atoms with Crippen molar-refractivity contribution in [1.82, 2.24) is 5.32 Å². The normalized spacial score (nSPS) is 22.5. The lowest BCUT2D eigenvalue weighted by atomic mass is 9.99. The number of rotatable bonds is 34. The number of amides is 1. The van der Waals surface area contributed by atoms with E-state index in [0.717, 1.165) is 57.8 Å². The quantitative estimate of drug-likeness (QED) is 0.0223. The van der Waals surface area contributed by atoms with Crippen LogP contribution in [0.4, 0.5) is 0 Å². The van der Waals surface area contributed by atoms with Crippen molar-refractivity contribution < 1.29 is 57.0 Å². The fraction of sp³-hybridized carbons (Fsp3) is 0.829. The van der Waals surface area contributed by atoms with Crippen LogP contribution in [0.1, 0.15) is 155 Å². The summed E-state index contributed by atoms with van der Waals surface area (Å²) >= 11 is 0. The Balaban J connectivity index is 2.68. The summed E-state index contributed by atoms with van der Waals surface area (Å²) in [6.07, 6.45) is 24.0. The maximum atomic E-state index is 13.0. The van der Waals surface area contributed by atoms with Gasteiger partial charge in [0.05, 0.1) is 25.4 Å². The largest absolute Gasteiger partial charge is 0.397 e. The zero-order valence-electron chi connectivity index (χ0n) is 33.6. The van der Waals surface area contributed by atoms with Gasteiger partial charge in [-0.3, -0.25) is 9.35 Å². The van der Waals surface area contributed by atoms with Crippen molar-refractivity contribution >= 4 is 16.3 Å². The average molecular weight is 806 g/mol. The lowest BCUT2D eigenvalue weighted by Crippen LogP contribution is -2.61. The predicted molar refractivity (Wildman–Crippen MR) is 214 cm³/mol. The van der Waals surface area contributed by atoms with Crippen LogP contribution in [0.2, 0.25) is 0 Å². The molecule has 1 rings (SSSR count). The molecule has 0 aromatic rings. The average Bonchev–Trinajstić information content (AvgIpc) is 3.15. The van der Waals surface area contributed by atoms with E-state index in [2.05, 4.69) is 47.7 Å². The first-order chi connectivity index (χ1) is 26.4. The molecule has 0 radical (unpaired) electrons. The van der Waals surface area contributed by atoms with E-state index in [1.165, 1.54) is 70.3 Å². The molecular formula is C41H75NO12S. The number of carbonyl (C=O) groups excluding carboxylic acids is 1. The summed E-state index contributed by atoms with van der Waals surface area (Å²) in [7, 11) is -5.12. The van der Waals surface area contributed by atoms with Crippen LogP contribution in [0.3, 0.4) is 0 Å². The summed E-state index contributed by atoms with van der Waals surface area (Å²) < 4.78 is 47.3. The molecule has 0 spiro atoms. The Hall–Kier alpha value is -1.72. The van der Waals surface area contributed by atoms with Crippen molar-refractivity contribution in [2.45, 2.75) is 204 Å². The number of nitrogens with one attached hydrogen (secondary N) is 1. The second-order valence-corrected chi connectivity index (χ2v) is 15.8. The first kappa shape index (κ1) is 51.3. The number of hydrogen-bond acceptors (Lipinski definition) is 11. The third-order valence-electron chi connectivity index (χ3n) is 9.75. The highest BCUT2D eigenvalue weighted by Gasteiger charge is 2.48. The fourth-order valence-electron chi connectivity index (χ4n) is 6.34. The summed E-state index contributed by atoms with van der Waals surface area (Å²) in [4.78, 5) is 13.0. The van der Waals surface area contributed by atoms with Gasteiger partial charge in [0, 0.05) is 0 Å². The molecule has 0 aliphatic carbocycles. The van der Waals surface area contributed by atoms with E-state index in [1.807, 2.05) is 0 Å². The van der Waals surface area contributed by atoms with Crippen molar-refractivity contribution in [2.24, 2.45) is 0 Å². The predicted octanol–water partition coefficient (Wildman–Crippen LogP) is 6.13. The molecule has 14 heteroatoms. The molecule has 0 bridgehead atoms. The highest BCUT2D eigenvalue weighted by atomic mass is 32.3. The van der Waals surface area contributed by atoms with E-state index in [1.54, 1.807) is 6.08 Å². The highest BCUT2D eigenvalue weighted by molar-refractivity contribution is 7.80. The monoisotopic (exact) mass is 806 g/mol.